The molecule has 1 unspecified atom stereocenters. The Kier molecular flexibility index (Phi) is 5.46. The third kappa shape index (κ3) is 4.12. The molecule has 0 spiro atoms. The third-order valence-corrected chi connectivity index (χ3v) is 3.93. The molecule has 0 bridgehead atoms. The minimum Gasteiger partial charge on any atom is -0.491 e. The number of nitrogens with zero attached hydrogens (tertiary/aromatic N) is 2. The molecule has 2 rings (SSSR count). The summed E-state index contributed by atoms with van der Waals surface area (Å²) in [6, 6.07) is 10.6. The fourth-order valence-electron chi connectivity index (χ4n) is 2.57. The minimum atomic E-state index is -0.460. The summed E-state index contributed by atoms with van der Waals surface area (Å²) in [6.45, 7) is 7.59. The average molecular weight is 287 g/mol. The molecule has 0 radical (unpaired) electrons. The Morgan fingerprint density at radius 3 is 3.00 bits per heavy atom. The van der Waals surface area contributed by atoms with Crippen LogP contribution in [0.2, 0.25) is 0 Å². The van der Waals surface area contributed by atoms with Crippen LogP contribution in [0.4, 0.5) is 5.69 Å². The van der Waals surface area contributed by atoms with Gasteiger partial charge in [0, 0.05) is 13.1 Å². The molecule has 4 nitrogen and oxygen atoms in total. The van der Waals surface area contributed by atoms with Crippen molar-refractivity contribution in [2.24, 2.45) is 0 Å². The van der Waals surface area contributed by atoms with Gasteiger partial charge in [-0.1, -0.05) is 19.1 Å². The molecule has 1 N–H and O–H groups in total. The van der Waals surface area contributed by atoms with E-state index in [-0.39, 0.29) is 0 Å². The van der Waals surface area contributed by atoms with Gasteiger partial charge in [-0.2, -0.15) is 5.26 Å². The van der Waals surface area contributed by atoms with E-state index >= 15 is 0 Å². The molecule has 0 saturated heterocycles. The van der Waals surface area contributed by atoms with Crippen LogP contribution in [0, 0.1) is 11.3 Å². The molecule has 4 heteroatoms. The fourth-order valence-corrected chi connectivity index (χ4v) is 2.57. The van der Waals surface area contributed by atoms with E-state index in [0.29, 0.717) is 0 Å². The third-order valence-electron chi connectivity index (χ3n) is 3.93. The molecule has 0 aliphatic carbocycles. The first kappa shape index (κ1) is 15.7. The molecule has 1 aliphatic rings. The largest absolute Gasteiger partial charge is 0.491 e. The Balaban J connectivity index is 2.04. The number of benzene rings is 1. The Morgan fingerprint density at radius 2 is 2.24 bits per heavy atom. The number of nitriles is 1. The summed E-state index contributed by atoms with van der Waals surface area (Å²) in [5, 5.41) is 12.8. The SMILES string of the molecule is CCCNC(C)(C#N)CCN1CCCOc2ccccc21. The van der Waals surface area contributed by atoms with Crippen molar-refractivity contribution >= 4 is 5.69 Å². The zero-order chi connectivity index (χ0) is 15.1. The van der Waals surface area contributed by atoms with E-state index in [1.54, 1.807) is 0 Å². The molecule has 114 valence electrons. The van der Waals surface area contributed by atoms with Crippen LogP contribution in [0.1, 0.15) is 33.1 Å². The van der Waals surface area contributed by atoms with E-state index in [0.717, 1.165) is 56.9 Å². The molecular formula is C17H25N3O. The molecule has 21 heavy (non-hydrogen) atoms. The highest BCUT2D eigenvalue weighted by molar-refractivity contribution is 5.58. The van der Waals surface area contributed by atoms with Crippen LogP contribution in [0.5, 0.6) is 5.75 Å². The van der Waals surface area contributed by atoms with Gasteiger partial charge in [-0.15, -0.1) is 0 Å². The molecule has 0 amide bonds. The molecule has 1 aromatic carbocycles. The van der Waals surface area contributed by atoms with Gasteiger partial charge >= 0.3 is 0 Å². The number of anilines is 1. The van der Waals surface area contributed by atoms with Crippen molar-refractivity contribution in [3.8, 4) is 11.8 Å². The van der Waals surface area contributed by atoms with E-state index in [1.165, 1.54) is 0 Å². The predicted octanol–water partition coefficient (Wildman–Crippen LogP) is 2.95. The van der Waals surface area contributed by atoms with Crippen LogP contribution in [-0.4, -0.2) is 31.8 Å². The molecular weight excluding hydrogens is 262 g/mol. The lowest BCUT2D eigenvalue weighted by molar-refractivity contribution is 0.322. The molecule has 1 atom stereocenters. The topological polar surface area (TPSA) is 48.3 Å². The van der Waals surface area contributed by atoms with Gasteiger partial charge in [-0.05, 0) is 44.9 Å². The number of para-hydroxylation sites is 2. The smallest absolute Gasteiger partial charge is 0.142 e. The second-order valence-corrected chi connectivity index (χ2v) is 5.78. The zero-order valence-electron chi connectivity index (χ0n) is 13.1. The number of rotatable bonds is 6. The summed E-state index contributed by atoms with van der Waals surface area (Å²) in [6.07, 6.45) is 2.86. The summed E-state index contributed by atoms with van der Waals surface area (Å²) in [5.74, 6) is 0.954. The lowest BCUT2D eigenvalue weighted by Crippen LogP contribution is -2.44. The maximum atomic E-state index is 9.44. The molecule has 1 aromatic rings. The summed E-state index contributed by atoms with van der Waals surface area (Å²) < 4.78 is 5.78. The van der Waals surface area contributed by atoms with Gasteiger partial charge in [0.15, 0.2) is 0 Å². The monoisotopic (exact) mass is 287 g/mol. The van der Waals surface area contributed by atoms with Crippen LogP contribution in [0.15, 0.2) is 24.3 Å². The van der Waals surface area contributed by atoms with Crippen molar-refractivity contribution in [1.29, 1.82) is 5.26 Å². The van der Waals surface area contributed by atoms with Crippen LogP contribution < -0.4 is 15.0 Å². The number of ether oxygens (including phenoxy) is 1. The molecule has 1 aliphatic heterocycles. The highest BCUT2D eigenvalue weighted by atomic mass is 16.5. The highest BCUT2D eigenvalue weighted by Crippen LogP contribution is 2.31. The maximum Gasteiger partial charge on any atom is 0.142 e. The minimum absolute atomic E-state index is 0.460. The normalized spacial score (nSPS) is 17.1. The summed E-state index contributed by atoms with van der Waals surface area (Å²) in [4.78, 5) is 2.34. The van der Waals surface area contributed by atoms with E-state index in [2.05, 4.69) is 29.3 Å². The van der Waals surface area contributed by atoms with Crippen LogP contribution >= 0.6 is 0 Å². The van der Waals surface area contributed by atoms with Crippen LogP contribution in [0.25, 0.3) is 0 Å². The van der Waals surface area contributed by atoms with Crippen molar-refractivity contribution in [1.82, 2.24) is 5.32 Å². The van der Waals surface area contributed by atoms with E-state index in [9.17, 15) is 5.26 Å². The lowest BCUT2D eigenvalue weighted by Gasteiger charge is -2.29. The Bertz CT molecular complexity index is 497. The maximum absolute atomic E-state index is 9.44. The molecule has 0 saturated carbocycles. The summed E-state index contributed by atoms with van der Waals surface area (Å²) in [7, 11) is 0. The van der Waals surface area contributed by atoms with Gasteiger partial charge in [0.1, 0.15) is 11.3 Å². The summed E-state index contributed by atoms with van der Waals surface area (Å²) in [5.41, 5.74) is 0.684. The summed E-state index contributed by atoms with van der Waals surface area (Å²) >= 11 is 0. The van der Waals surface area contributed by atoms with Gasteiger partial charge in [-0.25, -0.2) is 0 Å². The highest BCUT2D eigenvalue weighted by Gasteiger charge is 2.25. The average Bonchev–Trinajstić information content (AvgIpc) is 2.73. The number of nitrogens with one attached hydrogen (secondary N) is 1. The van der Waals surface area contributed by atoms with E-state index in [4.69, 9.17) is 4.74 Å². The van der Waals surface area contributed by atoms with Crippen molar-refractivity contribution in [2.75, 3.05) is 31.1 Å². The van der Waals surface area contributed by atoms with Gasteiger partial charge in [0.2, 0.25) is 0 Å². The van der Waals surface area contributed by atoms with E-state index in [1.807, 2.05) is 25.1 Å². The standard InChI is InChI=1S/C17H25N3O/c1-3-10-19-17(2,14-18)9-12-20-11-6-13-21-16-8-5-4-7-15(16)20/h4-5,7-8,19H,3,6,9-13H2,1-2H3. The number of hydrogen-bond acceptors (Lipinski definition) is 4. The first-order valence-corrected chi connectivity index (χ1v) is 7.81. The van der Waals surface area contributed by atoms with E-state index < -0.39 is 5.54 Å². The second-order valence-electron chi connectivity index (χ2n) is 5.78. The molecule has 1 heterocycles. The van der Waals surface area contributed by atoms with Crippen molar-refractivity contribution in [3.05, 3.63) is 24.3 Å². The van der Waals surface area contributed by atoms with Crippen LogP contribution in [0.3, 0.4) is 0 Å². The predicted molar refractivity (Wildman–Crippen MR) is 85.7 cm³/mol. The fraction of sp³-hybridized carbons (Fsp3) is 0.588. The first-order chi connectivity index (χ1) is 10.2. The van der Waals surface area contributed by atoms with Crippen molar-refractivity contribution < 1.29 is 4.74 Å². The van der Waals surface area contributed by atoms with Crippen molar-refractivity contribution in [2.45, 2.75) is 38.6 Å². The Hall–Kier alpha value is -1.73. The lowest BCUT2D eigenvalue weighted by atomic mass is 9.99. The Morgan fingerprint density at radius 1 is 1.43 bits per heavy atom. The van der Waals surface area contributed by atoms with Crippen molar-refractivity contribution in [3.63, 3.8) is 0 Å². The van der Waals surface area contributed by atoms with Crippen LogP contribution in [-0.2, 0) is 0 Å². The van der Waals surface area contributed by atoms with Gasteiger partial charge in [0.05, 0.1) is 18.4 Å². The first-order valence-electron chi connectivity index (χ1n) is 7.81. The number of hydrogen-bond donors (Lipinski definition) is 1. The quantitative estimate of drug-likeness (QED) is 0.874. The van der Waals surface area contributed by atoms with Gasteiger partial charge in [-0.3, -0.25) is 5.32 Å². The second kappa shape index (κ2) is 7.33. The zero-order valence-corrected chi connectivity index (χ0v) is 13.1. The Labute approximate surface area is 127 Å². The number of fused-ring (bicyclic) bond motifs is 1. The molecule has 0 fully saturated rings. The van der Waals surface area contributed by atoms with Gasteiger partial charge < -0.3 is 9.64 Å². The van der Waals surface area contributed by atoms with Gasteiger partial charge in [0.25, 0.3) is 0 Å². The molecule has 0 aromatic heterocycles.